The van der Waals surface area contributed by atoms with Crippen LogP contribution in [-0.2, 0) is 9.53 Å². The number of amides is 2. The van der Waals surface area contributed by atoms with E-state index < -0.39 is 12.1 Å². The van der Waals surface area contributed by atoms with Crippen molar-refractivity contribution in [2.45, 2.75) is 38.8 Å². The predicted molar refractivity (Wildman–Crippen MR) is 59.3 cm³/mol. The van der Waals surface area contributed by atoms with Crippen LogP contribution in [0.1, 0.15) is 26.7 Å². The number of urea groups is 1. The highest BCUT2D eigenvalue weighted by atomic mass is 16.5. The molecule has 0 rings (SSSR count). The van der Waals surface area contributed by atoms with E-state index in [9.17, 15) is 9.59 Å². The molecule has 6 nitrogen and oxygen atoms in total. The SMILES string of the molecule is CCCC(C)NC(=O)NCC(OC)C(=O)O. The van der Waals surface area contributed by atoms with Crippen LogP contribution in [0.15, 0.2) is 0 Å². The second-order valence-corrected chi connectivity index (χ2v) is 3.61. The van der Waals surface area contributed by atoms with Gasteiger partial charge in [-0.1, -0.05) is 13.3 Å². The minimum absolute atomic E-state index is 0.0451. The van der Waals surface area contributed by atoms with Gasteiger partial charge in [0.15, 0.2) is 6.10 Å². The normalized spacial score (nSPS) is 13.9. The van der Waals surface area contributed by atoms with Gasteiger partial charge < -0.3 is 20.5 Å². The van der Waals surface area contributed by atoms with E-state index >= 15 is 0 Å². The number of carboxylic acids is 1. The fourth-order valence-corrected chi connectivity index (χ4v) is 1.24. The van der Waals surface area contributed by atoms with E-state index in [-0.39, 0.29) is 18.6 Å². The monoisotopic (exact) mass is 232 g/mol. The second kappa shape index (κ2) is 7.92. The molecule has 0 saturated heterocycles. The van der Waals surface area contributed by atoms with Crippen molar-refractivity contribution in [1.82, 2.24) is 10.6 Å². The van der Waals surface area contributed by atoms with Gasteiger partial charge in [-0.3, -0.25) is 0 Å². The molecule has 2 amide bonds. The second-order valence-electron chi connectivity index (χ2n) is 3.61. The molecule has 94 valence electrons. The molecule has 16 heavy (non-hydrogen) atoms. The Morgan fingerprint density at radius 3 is 2.50 bits per heavy atom. The first-order valence-electron chi connectivity index (χ1n) is 5.31. The molecule has 2 atom stereocenters. The topological polar surface area (TPSA) is 87.7 Å². The lowest BCUT2D eigenvalue weighted by molar-refractivity contribution is -0.147. The van der Waals surface area contributed by atoms with Crippen molar-refractivity contribution in [2.75, 3.05) is 13.7 Å². The van der Waals surface area contributed by atoms with Crippen molar-refractivity contribution in [3.05, 3.63) is 0 Å². The maximum Gasteiger partial charge on any atom is 0.334 e. The summed E-state index contributed by atoms with van der Waals surface area (Å²) < 4.78 is 4.67. The molecule has 0 spiro atoms. The van der Waals surface area contributed by atoms with Crippen LogP contribution in [-0.4, -0.2) is 42.9 Å². The van der Waals surface area contributed by atoms with Crippen molar-refractivity contribution in [3.63, 3.8) is 0 Å². The van der Waals surface area contributed by atoms with E-state index in [1.165, 1.54) is 7.11 Å². The smallest absolute Gasteiger partial charge is 0.334 e. The lowest BCUT2D eigenvalue weighted by atomic mass is 10.2. The van der Waals surface area contributed by atoms with Crippen molar-refractivity contribution >= 4 is 12.0 Å². The molecule has 0 aliphatic heterocycles. The summed E-state index contributed by atoms with van der Waals surface area (Å²) >= 11 is 0. The number of ether oxygens (including phenoxy) is 1. The van der Waals surface area contributed by atoms with Crippen LogP contribution >= 0.6 is 0 Å². The summed E-state index contributed by atoms with van der Waals surface area (Å²) in [5.74, 6) is -1.09. The number of nitrogens with one attached hydrogen (secondary N) is 2. The Hall–Kier alpha value is -1.30. The fraction of sp³-hybridized carbons (Fsp3) is 0.800. The maximum absolute atomic E-state index is 11.3. The number of rotatable bonds is 7. The minimum Gasteiger partial charge on any atom is -0.479 e. The lowest BCUT2D eigenvalue weighted by Gasteiger charge is -2.15. The Labute approximate surface area is 95.4 Å². The molecular weight excluding hydrogens is 212 g/mol. The highest BCUT2D eigenvalue weighted by Crippen LogP contribution is 1.94. The number of carbonyl (C=O) groups excluding carboxylic acids is 1. The molecular formula is C10H20N2O4. The molecule has 0 aromatic heterocycles. The van der Waals surface area contributed by atoms with Crippen molar-refractivity contribution < 1.29 is 19.4 Å². The quantitative estimate of drug-likeness (QED) is 0.599. The van der Waals surface area contributed by atoms with Crippen LogP contribution in [0.3, 0.4) is 0 Å². The molecule has 0 saturated carbocycles. The van der Waals surface area contributed by atoms with Crippen LogP contribution in [0.5, 0.6) is 0 Å². The van der Waals surface area contributed by atoms with Gasteiger partial charge in [0.2, 0.25) is 0 Å². The first-order valence-corrected chi connectivity index (χ1v) is 5.31. The summed E-state index contributed by atoms with van der Waals surface area (Å²) in [6.45, 7) is 3.88. The third-order valence-corrected chi connectivity index (χ3v) is 2.11. The zero-order chi connectivity index (χ0) is 12.6. The first-order chi connectivity index (χ1) is 7.51. The third kappa shape index (κ3) is 6.23. The largest absolute Gasteiger partial charge is 0.479 e. The lowest BCUT2D eigenvalue weighted by Crippen LogP contribution is -2.45. The van der Waals surface area contributed by atoms with E-state index in [2.05, 4.69) is 15.4 Å². The summed E-state index contributed by atoms with van der Waals surface area (Å²) in [6, 6.07) is -0.292. The van der Waals surface area contributed by atoms with E-state index in [0.29, 0.717) is 0 Å². The molecule has 0 bridgehead atoms. The molecule has 3 N–H and O–H groups in total. The molecule has 6 heteroatoms. The van der Waals surface area contributed by atoms with E-state index in [4.69, 9.17) is 5.11 Å². The summed E-state index contributed by atoms with van der Waals surface area (Å²) in [5.41, 5.74) is 0. The predicted octanol–water partition coefficient (Wildman–Crippen LogP) is 0.574. The third-order valence-electron chi connectivity index (χ3n) is 2.11. The van der Waals surface area contributed by atoms with Crippen molar-refractivity contribution in [1.29, 1.82) is 0 Å². The Morgan fingerprint density at radius 2 is 2.06 bits per heavy atom. The summed E-state index contributed by atoms with van der Waals surface area (Å²) in [4.78, 5) is 21.9. The average Bonchev–Trinajstić information content (AvgIpc) is 2.18. The van der Waals surface area contributed by atoms with Crippen LogP contribution in [0.2, 0.25) is 0 Å². The average molecular weight is 232 g/mol. The van der Waals surface area contributed by atoms with Crippen LogP contribution in [0.4, 0.5) is 4.79 Å². The zero-order valence-electron chi connectivity index (χ0n) is 9.95. The molecule has 2 unspecified atom stereocenters. The Morgan fingerprint density at radius 1 is 1.44 bits per heavy atom. The van der Waals surface area contributed by atoms with Gasteiger partial charge in [0.1, 0.15) is 0 Å². The number of hydrogen-bond acceptors (Lipinski definition) is 3. The van der Waals surface area contributed by atoms with Gasteiger partial charge in [-0.2, -0.15) is 0 Å². The number of aliphatic carboxylic acids is 1. The summed E-state index contributed by atoms with van der Waals surface area (Å²) in [7, 11) is 1.29. The van der Waals surface area contributed by atoms with Gasteiger partial charge in [-0.15, -0.1) is 0 Å². The van der Waals surface area contributed by atoms with E-state index in [0.717, 1.165) is 12.8 Å². The minimum atomic E-state index is -1.09. The van der Waals surface area contributed by atoms with Gasteiger partial charge in [0, 0.05) is 13.2 Å². The molecule has 0 aromatic carbocycles. The van der Waals surface area contributed by atoms with Gasteiger partial charge >= 0.3 is 12.0 Å². The number of hydrogen-bond donors (Lipinski definition) is 3. The standard InChI is InChI=1S/C10H20N2O4/c1-4-5-7(2)12-10(15)11-6-8(16-3)9(13)14/h7-8H,4-6H2,1-3H3,(H,13,14)(H2,11,12,15). The fourth-order valence-electron chi connectivity index (χ4n) is 1.24. The van der Waals surface area contributed by atoms with Crippen LogP contribution < -0.4 is 10.6 Å². The van der Waals surface area contributed by atoms with Gasteiger partial charge in [0.25, 0.3) is 0 Å². The van der Waals surface area contributed by atoms with Gasteiger partial charge in [-0.05, 0) is 13.3 Å². The van der Waals surface area contributed by atoms with Crippen molar-refractivity contribution in [2.24, 2.45) is 0 Å². The maximum atomic E-state index is 11.3. The highest BCUT2D eigenvalue weighted by Gasteiger charge is 2.17. The number of carbonyl (C=O) groups is 2. The van der Waals surface area contributed by atoms with E-state index in [1.807, 2.05) is 13.8 Å². The van der Waals surface area contributed by atoms with Crippen molar-refractivity contribution in [3.8, 4) is 0 Å². The summed E-state index contributed by atoms with van der Waals surface area (Å²) in [5, 5.41) is 13.8. The van der Waals surface area contributed by atoms with Gasteiger partial charge in [-0.25, -0.2) is 9.59 Å². The summed E-state index contributed by atoms with van der Waals surface area (Å²) in [6.07, 6.45) is 0.865. The number of methoxy groups -OCH3 is 1. The van der Waals surface area contributed by atoms with Crippen LogP contribution in [0.25, 0.3) is 0 Å². The first kappa shape index (κ1) is 14.7. The number of carboxylic acid groups (broad SMARTS) is 1. The molecule has 0 heterocycles. The Balaban J connectivity index is 3.83. The van der Waals surface area contributed by atoms with Gasteiger partial charge in [0.05, 0.1) is 6.54 Å². The molecule has 0 fully saturated rings. The molecule has 0 radical (unpaired) electrons. The van der Waals surface area contributed by atoms with Crippen LogP contribution in [0, 0.1) is 0 Å². The highest BCUT2D eigenvalue weighted by molar-refractivity contribution is 5.76. The Bertz CT molecular complexity index is 233. The molecule has 0 aliphatic carbocycles. The molecule has 0 aromatic rings. The Kier molecular flexibility index (Phi) is 7.28. The zero-order valence-corrected chi connectivity index (χ0v) is 9.95. The van der Waals surface area contributed by atoms with E-state index in [1.54, 1.807) is 0 Å². The molecule has 0 aliphatic rings.